The van der Waals surface area contributed by atoms with Gasteiger partial charge in [0, 0.05) is 29.1 Å². The Hall–Kier alpha value is -2.48. The summed E-state index contributed by atoms with van der Waals surface area (Å²) in [5, 5.41) is 0. The largest absolute Gasteiger partial charge is 0.496 e. The molecule has 1 atom stereocenters. The van der Waals surface area contributed by atoms with Crippen LogP contribution in [0.4, 0.5) is 0 Å². The van der Waals surface area contributed by atoms with Crippen LogP contribution in [0.25, 0.3) is 11.3 Å². The van der Waals surface area contributed by atoms with E-state index in [1.165, 1.54) is 16.8 Å². The van der Waals surface area contributed by atoms with Crippen molar-refractivity contribution in [3.63, 3.8) is 0 Å². The Labute approximate surface area is 164 Å². The van der Waals surface area contributed by atoms with Gasteiger partial charge < -0.3 is 9.64 Å². The molecule has 0 amide bonds. The van der Waals surface area contributed by atoms with Crippen LogP contribution in [-0.2, 0) is 6.42 Å². The molecular formula is C25H31NO. The number of fused-ring (bicyclic) bond motifs is 3. The first-order valence-corrected chi connectivity index (χ1v) is 9.48. The van der Waals surface area contributed by atoms with Crippen molar-refractivity contribution >= 4 is 11.3 Å². The van der Waals surface area contributed by atoms with Crippen LogP contribution in [0.15, 0.2) is 60.9 Å². The van der Waals surface area contributed by atoms with E-state index in [4.69, 9.17) is 4.74 Å². The van der Waals surface area contributed by atoms with Crippen LogP contribution in [0.3, 0.4) is 0 Å². The predicted octanol–water partition coefficient (Wildman–Crippen LogP) is 6.37. The molecule has 2 aliphatic heterocycles. The minimum Gasteiger partial charge on any atom is -0.496 e. The van der Waals surface area contributed by atoms with Crippen molar-refractivity contribution < 1.29 is 4.74 Å². The molecule has 0 saturated carbocycles. The lowest BCUT2D eigenvalue weighted by Gasteiger charge is -2.47. The van der Waals surface area contributed by atoms with Gasteiger partial charge in [0.2, 0.25) is 0 Å². The summed E-state index contributed by atoms with van der Waals surface area (Å²) in [5.74, 6) is 0.872. The van der Waals surface area contributed by atoms with Gasteiger partial charge in [0.15, 0.2) is 0 Å². The van der Waals surface area contributed by atoms with Crippen molar-refractivity contribution in [3.05, 3.63) is 77.6 Å². The third kappa shape index (κ3) is 3.29. The first-order chi connectivity index (χ1) is 12.5. The minimum absolute atomic E-state index is 0.120. The van der Waals surface area contributed by atoms with Gasteiger partial charge in [-0.15, -0.1) is 0 Å². The second-order valence-electron chi connectivity index (χ2n) is 8.86. The monoisotopic (exact) mass is 361 g/mol. The summed E-state index contributed by atoms with van der Waals surface area (Å²) < 4.78 is 5.67. The maximum Gasteiger partial charge on any atom is 0.127 e. The normalized spacial score (nSPS) is 19.0. The Morgan fingerprint density at radius 1 is 1.15 bits per heavy atom. The fourth-order valence-corrected chi connectivity index (χ4v) is 4.03. The Morgan fingerprint density at radius 2 is 1.81 bits per heavy atom. The quantitative estimate of drug-likeness (QED) is 0.620. The number of allylic oxidation sites excluding steroid dienone is 5. The second kappa shape index (κ2) is 6.60. The standard InChI is InChI=1S/C25H31NO/c1-15(2)19-11-18-12-24(25(6,7)8)26-14-21(16(3)4)17(5)10-22(26)20(18)13-23(19)27-9/h10-11,13-14,24H,1,3,5,12H2,2,4,6-9H3. The van der Waals surface area contributed by atoms with Crippen molar-refractivity contribution in [1.82, 2.24) is 4.90 Å². The van der Waals surface area contributed by atoms with Gasteiger partial charge in [0.25, 0.3) is 0 Å². The first kappa shape index (κ1) is 19.3. The molecule has 1 unspecified atom stereocenters. The molecule has 2 heteroatoms. The Bertz CT molecular complexity index is 905. The molecule has 1 aromatic carbocycles. The maximum absolute atomic E-state index is 5.67. The highest BCUT2D eigenvalue weighted by atomic mass is 16.5. The highest BCUT2D eigenvalue weighted by Gasteiger charge is 2.38. The first-order valence-electron chi connectivity index (χ1n) is 9.48. The van der Waals surface area contributed by atoms with Crippen LogP contribution < -0.4 is 4.74 Å². The lowest BCUT2D eigenvalue weighted by molar-refractivity contribution is 0.189. The van der Waals surface area contributed by atoms with Gasteiger partial charge in [-0.05, 0) is 71.7 Å². The minimum atomic E-state index is 0.120. The summed E-state index contributed by atoms with van der Waals surface area (Å²) in [6.45, 7) is 23.6. The number of hydrogen-bond acceptors (Lipinski definition) is 2. The van der Waals surface area contributed by atoms with Crippen molar-refractivity contribution in [2.24, 2.45) is 5.41 Å². The van der Waals surface area contributed by atoms with E-state index >= 15 is 0 Å². The molecular weight excluding hydrogens is 330 g/mol. The number of hydrogen-bond donors (Lipinski definition) is 0. The number of benzene rings is 1. The van der Waals surface area contributed by atoms with Crippen molar-refractivity contribution in [2.45, 2.75) is 47.1 Å². The van der Waals surface area contributed by atoms with Crippen LogP contribution in [0, 0.1) is 5.41 Å². The molecule has 0 radical (unpaired) electrons. The predicted molar refractivity (Wildman–Crippen MR) is 117 cm³/mol. The van der Waals surface area contributed by atoms with E-state index in [1.807, 2.05) is 13.8 Å². The van der Waals surface area contributed by atoms with Gasteiger partial charge in [0.1, 0.15) is 5.75 Å². The lowest BCUT2D eigenvalue weighted by Crippen LogP contribution is -2.45. The Kier molecular flexibility index (Phi) is 4.71. The zero-order valence-corrected chi connectivity index (χ0v) is 17.6. The van der Waals surface area contributed by atoms with Crippen molar-refractivity contribution in [3.8, 4) is 5.75 Å². The van der Waals surface area contributed by atoms with Gasteiger partial charge in [-0.3, -0.25) is 0 Å². The fourth-order valence-electron chi connectivity index (χ4n) is 4.03. The van der Waals surface area contributed by atoms with Crippen LogP contribution in [0.1, 0.15) is 51.3 Å². The van der Waals surface area contributed by atoms with E-state index < -0.39 is 0 Å². The van der Waals surface area contributed by atoms with Crippen molar-refractivity contribution in [2.75, 3.05) is 7.11 Å². The molecule has 2 aliphatic rings. The van der Waals surface area contributed by atoms with Crippen LogP contribution >= 0.6 is 0 Å². The maximum atomic E-state index is 5.67. The second-order valence-corrected chi connectivity index (χ2v) is 8.86. The summed E-state index contributed by atoms with van der Waals surface area (Å²) in [6.07, 6.45) is 5.41. The van der Waals surface area contributed by atoms with E-state index in [-0.39, 0.29) is 5.41 Å². The van der Waals surface area contributed by atoms with Gasteiger partial charge in [0.05, 0.1) is 7.11 Å². The van der Waals surface area contributed by atoms with Gasteiger partial charge in [-0.2, -0.15) is 0 Å². The third-order valence-electron chi connectivity index (χ3n) is 5.57. The van der Waals surface area contributed by atoms with E-state index in [9.17, 15) is 0 Å². The SMILES string of the molecule is C=C(C)C1=CN2C(=CC1=C)c1cc(OC)c(C(=C)C)cc1CC2C(C)(C)C. The molecule has 0 N–H and O–H groups in total. The van der Waals surface area contributed by atoms with Crippen LogP contribution in [-0.4, -0.2) is 18.1 Å². The summed E-state index contributed by atoms with van der Waals surface area (Å²) in [5.41, 5.74) is 9.17. The highest BCUT2D eigenvalue weighted by Crippen LogP contribution is 2.45. The van der Waals surface area contributed by atoms with E-state index in [0.717, 1.165) is 40.0 Å². The Morgan fingerprint density at radius 3 is 2.33 bits per heavy atom. The van der Waals surface area contributed by atoms with E-state index in [0.29, 0.717) is 6.04 Å². The highest BCUT2D eigenvalue weighted by molar-refractivity contribution is 5.80. The fraction of sp³-hybridized carbons (Fsp3) is 0.360. The van der Waals surface area contributed by atoms with Crippen LogP contribution in [0.5, 0.6) is 5.75 Å². The zero-order valence-electron chi connectivity index (χ0n) is 17.6. The molecule has 142 valence electrons. The van der Waals surface area contributed by atoms with Gasteiger partial charge >= 0.3 is 0 Å². The Balaban J connectivity index is 2.25. The summed E-state index contributed by atoms with van der Waals surface area (Å²) in [4.78, 5) is 2.42. The van der Waals surface area contributed by atoms with Crippen molar-refractivity contribution in [1.29, 1.82) is 0 Å². The zero-order chi connectivity index (χ0) is 20.1. The molecule has 0 bridgehead atoms. The third-order valence-corrected chi connectivity index (χ3v) is 5.57. The molecule has 3 rings (SSSR count). The van der Waals surface area contributed by atoms with Gasteiger partial charge in [-0.1, -0.05) is 40.5 Å². The number of methoxy groups -OCH3 is 1. The molecule has 0 saturated heterocycles. The average Bonchev–Trinajstić information content (AvgIpc) is 2.58. The molecule has 0 aliphatic carbocycles. The molecule has 0 spiro atoms. The molecule has 1 aromatic rings. The summed E-state index contributed by atoms with van der Waals surface area (Å²) in [6, 6.07) is 4.77. The van der Waals surface area contributed by atoms with Gasteiger partial charge in [-0.25, -0.2) is 0 Å². The molecule has 27 heavy (non-hydrogen) atoms. The molecule has 2 nitrogen and oxygen atoms in total. The summed E-state index contributed by atoms with van der Waals surface area (Å²) >= 11 is 0. The smallest absolute Gasteiger partial charge is 0.127 e. The molecule has 0 fully saturated rings. The number of rotatable bonds is 3. The van der Waals surface area contributed by atoms with Crippen LogP contribution in [0.2, 0.25) is 0 Å². The summed E-state index contributed by atoms with van der Waals surface area (Å²) in [7, 11) is 1.72. The average molecular weight is 362 g/mol. The number of ether oxygens (including phenoxy) is 1. The number of nitrogens with zero attached hydrogens (tertiary/aromatic N) is 1. The lowest BCUT2D eigenvalue weighted by atomic mass is 9.76. The molecule has 2 heterocycles. The molecule has 0 aromatic heterocycles. The topological polar surface area (TPSA) is 12.5 Å². The van der Waals surface area contributed by atoms with E-state index in [2.05, 4.69) is 69.8 Å². The van der Waals surface area contributed by atoms with E-state index in [1.54, 1.807) is 7.11 Å².